The van der Waals surface area contributed by atoms with Crippen LogP contribution >= 0.6 is 11.6 Å². The topological polar surface area (TPSA) is 18.5 Å². The van der Waals surface area contributed by atoms with Crippen molar-refractivity contribution in [3.8, 4) is 0 Å². The summed E-state index contributed by atoms with van der Waals surface area (Å²) in [6.45, 7) is 1.71. The molecule has 0 bridgehead atoms. The molecule has 0 N–H and O–H groups in total. The minimum Gasteiger partial charge on any atom is -0.350 e. The second kappa shape index (κ2) is 3.52. The highest BCUT2D eigenvalue weighted by atomic mass is 35.5. The molecular formula is C9H15ClO2. The first-order chi connectivity index (χ1) is 5.81. The molecule has 1 aliphatic heterocycles. The van der Waals surface area contributed by atoms with Crippen molar-refractivity contribution in [2.24, 2.45) is 0 Å². The molecule has 2 rings (SSSR count). The number of halogens is 1. The maximum Gasteiger partial charge on any atom is 0.168 e. The van der Waals surface area contributed by atoms with Crippen LogP contribution in [0, 0.1) is 0 Å². The molecule has 0 radical (unpaired) electrons. The van der Waals surface area contributed by atoms with Gasteiger partial charge in [0, 0.05) is 18.2 Å². The van der Waals surface area contributed by atoms with Crippen LogP contribution in [-0.2, 0) is 9.47 Å². The summed E-state index contributed by atoms with van der Waals surface area (Å²) in [6.07, 6.45) is 5.04. The van der Waals surface area contributed by atoms with E-state index in [9.17, 15) is 0 Å². The van der Waals surface area contributed by atoms with E-state index < -0.39 is 0 Å². The Morgan fingerprint density at radius 2 is 1.67 bits per heavy atom. The van der Waals surface area contributed by atoms with Crippen LogP contribution in [-0.4, -0.2) is 24.4 Å². The predicted molar refractivity (Wildman–Crippen MR) is 47.4 cm³/mol. The summed E-state index contributed by atoms with van der Waals surface area (Å²) in [4.78, 5) is 0. The van der Waals surface area contributed by atoms with Gasteiger partial charge in [0.25, 0.3) is 0 Å². The van der Waals surface area contributed by atoms with Gasteiger partial charge in [0.15, 0.2) is 5.79 Å². The first-order valence-corrected chi connectivity index (χ1v) is 5.16. The van der Waals surface area contributed by atoms with Gasteiger partial charge in [-0.2, -0.15) is 0 Å². The highest BCUT2D eigenvalue weighted by molar-refractivity contribution is 6.20. The van der Waals surface area contributed by atoms with Crippen molar-refractivity contribution in [2.45, 2.75) is 43.3 Å². The number of hydrogen-bond acceptors (Lipinski definition) is 2. The van der Waals surface area contributed by atoms with Crippen LogP contribution in [0.3, 0.4) is 0 Å². The summed E-state index contributed by atoms with van der Waals surface area (Å²) >= 11 is 6.01. The first kappa shape index (κ1) is 8.79. The lowest BCUT2D eigenvalue weighted by atomic mass is 9.93. The van der Waals surface area contributed by atoms with Crippen LogP contribution in [0.5, 0.6) is 0 Å². The Balaban J connectivity index is 1.92. The second-order valence-corrected chi connectivity index (χ2v) is 4.25. The fourth-order valence-corrected chi connectivity index (χ4v) is 2.15. The lowest BCUT2D eigenvalue weighted by Gasteiger charge is -2.41. The van der Waals surface area contributed by atoms with Gasteiger partial charge in [0.05, 0.1) is 13.2 Å². The molecule has 2 aliphatic rings. The summed E-state index contributed by atoms with van der Waals surface area (Å²) in [5.74, 6) is -0.246. The van der Waals surface area contributed by atoms with Crippen molar-refractivity contribution < 1.29 is 9.47 Å². The Labute approximate surface area is 78.2 Å². The monoisotopic (exact) mass is 190 g/mol. The molecule has 3 heteroatoms. The Hall–Kier alpha value is 0.210. The molecule has 12 heavy (non-hydrogen) atoms. The van der Waals surface area contributed by atoms with E-state index in [0.29, 0.717) is 5.38 Å². The highest BCUT2D eigenvalue weighted by Gasteiger charge is 2.38. The molecule has 0 unspecified atom stereocenters. The highest BCUT2D eigenvalue weighted by Crippen LogP contribution is 2.36. The fraction of sp³-hybridized carbons (Fsp3) is 1.00. The van der Waals surface area contributed by atoms with Crippen LogP contribution < -0.4 is 0 Å². The molecule has 1 saturated heterocycles. The van der Waals surface area contributed by atoms with E-state index in [1.54, 1.807) is 0 Å². The van der Waals surface area contributed by atoms with Crippen LogP contribution in [0.4, 0.5) is 0 Å². The molecule has 0 aromatic carbocycles. The minimum absolute atomic E-state index is 0.246. The lowest BCUT2D eigenvalue weighted by Crippen LogP contribution is -2.43. The standard InChI is InChI=1S/C9H15ClO2/c10-8-2-4-9(5-3-8)11-6-1-7-12-9/h8H,1-7H2. The van der Waals surface area contributed by atoms with Gasteiger partial charge in [-0.25, -0.2) is 0 Å². The summed E-state index contributed by atoms with van der Waals surface area (Å²) < 4.78 is 11.3. The van der Waals surface area contributed by atoms with Crippen molar-refractivity contribution in [1.29, 1.82) is 0 Å². The minimum atomic E-state index is -0.246. The molecule has 0 atom stereocenters. The Morgan fingerprint density at radius 3 is 2.25 bits per heavy atom. The molecule has 0 amide bonds. The Bertz CT molecular complexity index is 145. The molecule has 1 aliphatic carbocycles. The molecule has 0 aromatic heterocycles. The van der Waals surface area contributed by atoms with Crippen LogP contribution in [0.25, 0.3) is 0 Å². The van der Waals surface area contributed by atoms with Gasteiger partial charge < -0.3 is 9.47 Å². The van der Waals surface area contributed by atoms with E-state index in [1.807, 2.05) is 0 Å². The number of alkyl halides is 1. The van der Waals surface area contributed by atoms with E-state index in [0.717, 1.165) is 45.3 Å². The van der Waals surface area contributed by atoms with Gasteiger partial charge in [-0.05, 0) is 19.3 Å². The third-order valence-electron chi connectivity index (χ3n) is 2.70. The van der Waals surface area contributed by atoms with Gasteiger partial charge in [-0.3, -0.25) is 0 Å². The summed E-state index contributed by atoms with van der Waals surface area (Å²) in [5, 5.41) is 0.338. The van der Waals surface area contributed by atoms with Crippen LogP contribution in [0.2, 0.25) is 0 Å². The van der Waals surface area contributed by atoms with Crippen molar-refractivity contribution in [2.75, 3.05) is 13.2 Å². The summed E-state index contributed by atoms with van der Waals surface area (Å²) in [7, 11) is 0. The van der Waals surface area contributed by atoms with Crippen molar-refractivity contribution in [3.63, 3.8) is 0 Å². The number of ether oxygens (including phenoxy) is 2. The van der Waals surface area contributed by atoms with Gasteiger partial charge >= 0.3 is 0 Å². The van der Waals surface area contributed by atoms with Crippen molar-refractivity contribution in [1.82, 2.24) is 0 Å². The smallest absolute Gasteiger partial charge is 0.168 e. The molecule has 1 saturated carbocycles. The molecule has 70 valence electrons. The van der Waals surface area contributed by atoms with E-state index in [2.05, 4.69) is 0 Å². The Morgan fingerprint density at radius 1 is 1.08 bits per heavy atom. The number of hydrogen-bond donors (Lipinski definition) is 0. The van der Waals surface area contributed by atoms with E-state index >= 15 is 0 Å². The lowest BCUT2D eigenvalue weighted by molar-refractivity contribution is -0.279. The zero-order valence-electron chi connectivity index (χ0n) is 7.22. The average Bonchev–Trinajstić information content (AvgIpc) is 2.13. The zero-order chi connectivity index (χ0) is 8.44. The molecule has 2 nitrogen and oxygen atoms in total. The van der Waals surface area contributed by atoms with Gasteiger partial charge in [-0.15, -0.1) is 11.6 Å². The normalized spacial score (nSPS) is 30.8. The first-order valence-electron chi connectivity index (χ1n) is 4.73. The molecule has 2 fully saturated rings. The SMILES string of the molecule is ClC1CCC2(CC1)OCCCO2. The summed E-state index contributed by atoms with van der Waals surface area (Å²) in [6, 6.07) is 0. The summed E-state index contributed by atoms with van der Waals surface area (Å²) in [5.41, 5.74) is 0. The van der Waals surface area contributed by atoms with E-state index in [1.165, 1.54) is 0 Å². The third-order valence-corrected chi connectivity index (χ3v) is 3.13. The van der Waals surface area contributed by atoms with Gasteiger partial charge in [-0.1, -0.05) is 0 Å². The predicted octanol–water partition coefficient (Wildman–Crippen LogP) is 2.30. The van der Waals surface area contributed by atoms with Crippen molar-refractivity contribution in [3.05, 3.63) is 0 Å². The van der Waals surface area contributed by atoms with Crippen LogP contribution in [0.15, 0.2) is 0 Å². The maximum atomic E-state index is 6.01. The van der Waals surface area contributed by atoms with Crippen LogP contribution in [0.1, 0.15) is 32.1 Å². The van der Waals surface area contributed by atoms with Gasteiger partial charge in [0.2, 0.25) is 0 Å². The number of rotatable bonds is 0. The van der Waals surface area contributed by atoms with E-state index in [4.69, 9.17) is 21.1 Å². The Kier molecular flexibility index (Phi) is 2.58. The second-order valence-electron chi connectivity index (χ2n) is 3.64. The largest absolute Gasteiger partial charge is 0.350 e. The fourth-order valence-electron chi connectivity index (χ4n) is 1.93. The average molecular weight is 191 g/mol. The molecule has 1 heterocycles. The van der Waals surface area contributed by atoms with Crippen molar-refractivity contribution >= 4 is 11.6 Å². The molecule has 0 aromatic rings. The molecular weight excluding hydrogens is 176 g/mol. The maximum absolute atomic E-state index is 6.01. The van der Waals surface area contributed by atoms with Gasteiger partial charge in [0.1, 0.15) is 0 Å². The third kappa shape index (κ3) is 1.76. The quantitative estimate of drug-likeness (QED) is 0.546. The molecule has 1 spiro atoms. The zero-order valence-corrected chi connectivity index (χ0v) is 7.98. The van der Waals surface area contributed by atoms with E-state index in [-0.39, 0.29) is 5.79 Å².